The first kappa shape index (κ1) is 47.1. The second-order valence-electron chi connectivity index (χ2n) is 19.5. The molecule has 4 heterocycles. The van der Waals surface area contributed by atoms with Crippen molar-refractivity contribution in [3.8, 4) is 68.3 Å². The number of nitrogens with zero attached hydrogens (tertiary/aromatic N) is 9. The predicted molar refractivity (Wildman–Crippen MR) is 322 cm³/mol. The number of pyridine rings is 1. The lowest BCUT2D eigenvalue weighted by molar-refractivity contribution is 1.14. The number of anilines is 12. The fourth-order valence-electron chi connectivity index (χ4n) is 11.3. The van der Waals surface area contributed by atoms with E-state index in [1.165, 1.54) is 0 Å². The molecule has 12 aromatic rings. The van der Waals surface area contributed by atoms with Gasteiger partial charge in [-0.2, -0.15) is 10.5 Å². The molecule has 9 heteroatoms. The van der Waals surface area contributed by atoms with Gasteiger partial charge in [0.05, 0.1) is 79.4 Å². The van der Waals surface area contributed by atoms with Crippen LogP contribution in [0.1, 0.15) is 11.1 Å². The first-order chi connectivity index (χ1) is 39.6. The molecule has 80 heavy (non-hydrogen) atoms. The van der Waals surface area contributed by atoms with E-state index in [2.05, 4.69) is 207 Å². The molecule has 0 aliphatic carbocycles. The predicted octanol–water partition coefficient (Wildman–Crippen LogP) is 18.5. The van der Waals surface area contributed by atoms with E-state index in [0.29, 0.717) is 56.4 Å². The molecule has 9 nitrogen and oxygen atoms in total. The molecule has 0 saturated heterocycles. The van der Waals surface area contributed by atoms with Crippen LogP contribution in [0.3, 0.4) is 0 Å². The van der Waals surface area contributed by atoms with Crippen molar-refractivity contribution in [3.63, 3.8) is 0 Å². The Morgan fingerprint density at radius 2 is 0.637 bits per heavy atom. The van der Waals surface area contributed by atoms with Gasteiger partial charge in [0.15, 0.2) is 5.82 Å². The lowest BCUT2D eigenvalue weighted by atomic mass is 9.96. The topological polar surface area (TPSA) is 99.2 Å². The Morgan fingerprint density at radius 3 is 0.988 bits per heavy atom. The Kier molecular flexibility index (Phi) is 11.7. The zero-order chi connectivity index (χ0) is 53.5. The number of nitriles is 2. The molecule has 0 N–H and O–H groups in total. The lowest BCUT2D eigenvalue weighted by Gasteiger charge is -2.41. The fourth-order valence-corrected chi connectivity index (χ4v) is 11.3. The standard InChI is InChI=1S/C71H45N9/c72-45-52-22-15-25-57(69(52)79-65-31-11-7-27-61(65)77(62-28-8-12-32-66(62)79)55-39-35-50(36-40-55)48-18-3-1-4-19-48)59-44-60(76-71(75-59)54-24-17-43-74-47-54)58-26-16-23-53(46-73)70(58)80-67-33-13-9-29-63(67)78(64-30-10-14-34-68(64)80)56-41-37-51(38-42-56)49-20-5-2-6-21-49/h1-44,47H. The van der Waals surface area contributed by atoms with E-state index in [9.17, 15) is 10.5 Å². The van der Waals surface area contributed by atoms with Crippen molar-refractivity contribution in [3.05, 3.63) is 284 Å². The second kappa shape index (κ2) is 20.0. The van der Waals surface area contributed by atoms with Gasteiger partial charge in [0.1, 0.15) is 12.1 Å². The monoisotopic (exact) mass is 1020 g/mol. The summed E-state index contributed by atoms with van der Waals surface area (Å²) in [7, 11) is 0. The lowest BCUT2D eigenvalue weighted by Crippen LogP contribution is -2.25. The summed E-state index contributed by atoms with van der Waals surface area (Å²) in [5.41, 5.74) is 19.4. The Balaban J connectivity index is 0.943. The molecule has 2 aliphatic heterocycles. The molecule has 0 fully saturated rings. The molecular weight excluding hydrogens is 979 g/mol. The zero-order valence-corrected chi connectivity index (χ0v) is 43.0. The Labute approximate surface area is 463 Å². The highest BCUT2D eigenvalue weighted by Gasteiger charge is 2.36. The van der Waals surface area contributed by atoms with Gasteiger partial charge in [0, 0.05) is 40.5 Å². The third kappa shape index (κ3) is 8.06. The van der Waals surface area contributed by atoms with Crippen LogP contribution < -0.4 is 19.6 Å². The van der Waals surface area contributed by atoms with Crippen molar-refractivity contribution < 1.29 is 0 Å². The van der Waals surface area contributed by atoms with Gasteiger partial charge in [0.25, 0.3) is 0 Å². The van der Waals surface area contributed by atoms with Crippen LogP contribution in [0.5, 0.6) is 0 Å². The van der Waals surface area contributed by atoms with E-state index < -0.39 is 0 Å². The number of fused-ring (bicyclic) bond motifs is 4. The van der Waals surface area contributed by atoms with Gasteiger partial charge in [0.2, 0.25) is 0 Å². The number of hydrogen-bond donors (Lipinski definition) is 0. The highest BCUT2D eigenvalue weighted by atomic mass is 15.3. The summed E-state index contributed by atoms with van der Waals surface area (Å²) in [6, 6.07) is 94.0. The van der Waals surface area contributed by atoms with E-state index in [4.69, 9.17) is 9.97 Å². The number of hydrogen-bond acceptors (Lipinski definition) is 9. The van der Waals surface area contributed by atoms with Gasteiger partial charge in [-0.25, -0.2) is 9.97 Å². The third-order valence-electron chi connectivity index (χ3n) is 14.9. The largest absolute Gasteiger partial charge is 0.306 e. The summed E-state index contributed by atoms with van der Waals surface area (Å²) in [6.07, 6.45) is 3.49. The van der Waals surface area contributed by atoms with Crippen LogP contribution in [0.15, 0.2) is 273 Å². The summed E-state index contributed by atoms with van der Waals surface area (Å²) >= 11 is 0. The molecule has 0 saturated carbocycles. The Hall–Kier alpha value is -11.4. The molecule has 0 bridgehead atoms. The van der Waals surface area contributed by atoms with E-state index in [1.807, 2.05) is 91.0 Å². The highest BCUT2D eigenvalue weighted by molar-refractivity contribution is 6.07. The Morgan fingerprint density at radius 1 is 0.300 bits per heavy atom. The van der Waals surface area contributed by atoms with Crippen LogP contribution >= 0.6 is 0 Å². The van der Waals surface area contributed by atoms with Gasteiger partial charge in [-0.05, 0) is 125 Å². The van der Waals surface area contributed by atoms with Crippen LogP contribution in [0.4, 0.5) is 68.2 Å². The van der Waals surface area contributed by atoms with Crippen molar-refractivity contribution in [1.82, 2.24) is 15.0 Å². The smallest absolute Gasteiger partial charge is 0.161 e. The Bertz CT molecular complexity index is 4040. The van der Waals surface area contributed by atoms with Crippen LogP contribution in [0.25, 0.3) is 56.2 Å². The van der Waals surface area contributed by atoms with Gasteiger partial charge in [-0.3, -0.25) is 4.98 Å². The van der Waals surface area contributed by atoms with E-state index in [1.54, 1.807) is 12.4 Å². The molecule has 2 aromatic heterocycles. The van der Waals surface area contributed by atoms with Crippen LogP contribution in [-0.4, -0.2) is 15.0 Å². The summed E-state index contributed by atoms with van der Waals surface area (Å²) < 4.78 is 0. The zero-order valence-electron chi connectivity index (χ0n) is 43.0. The molecular formula is C71H45N9. The van der Waals surface area contributed by atoms with Gasteiger partial charge in [-0.1, -0.05) is 158 Å². The molecule has 2 aliphatic rings. The quantitative estimate of drug-likeness (QED) is 0.140. The molecule has 0 amide bonds. The first-order valence-electron chi connectivity index (χ1n) is 26.4. The summed E-state index contributed by atoms with van der Waals surface area (Å²) in [5, 5.41) is 22.4. The highest BCUT2D eigenvalue weighted by Crippen LogP contribution is 2.58. The van der Waals surface area contributed by atoms with E-state index >= 15 is 0 Å². The molecule has 14 rings (SSSR count). The van der Waals surface area contributed by atoms with Crippen LogP contribution in [0.2, 0.25) is 0 Å². The first-order valence-corrected chi connectivity index (χ1v) is 26.4. The minimum absolute atomic E-state index is 0.432. The van der Waals surface area contributed by atoms with Crippen molar-refractivity contribution in [2.24, 2.45) is 0 Å². The molecule has 10 aromatic carbocycles. The summed E-state index contributed by atoms with van der Waals surface area (Å²) in [6.45, 7) is 0. The summed E-state index contributed by atoms with van der Waals surface area (Å²) in [4.78, 5) is 24.2. The number of aromatic nitrogens is 3. The van der Waals surface area contributed by atoms with Crippen molar-refractivity contribution >= 4 is 68.2 Å². The van der Waals surface area contributed by atoms with Crippen molar-refractivity contribution in [2.45, 2.75) is 0 Å². The van der Waals surface area contributed by atoms with Gasteiger partial charge < -0.3 is 19.6 Å². The summed E-state index contributed by atoms with van der Waals surface area (Å²) in [5.74, 6) is 0.432. The maximum atomic E-state index is 11.2. The molecule has 0 atom stereocenters. The molecule has 0 unspecified atom stereocenters. The van der Waals surface area contributed by atoms with Crippen molar-refractivity contribution in [1.29, 1.82) is 10.5 Å². The van der Waals surface area contributed by atoms with Gasteiger partial charge in [-0.15, -0.1) is 0 Å². The number of benzene rings is 10. The molecule has 0 radical (unpaired) electrons. The normalized spacial score (nSPS) is 12.1. The fraction of sp³-hybridized carbons (Fsp3) is 0. The number of rotatable bonds is 9. The molecule has 0 spiro atoms. The number of para-hydroxylation sites is 10. The average molecular weight is 1020 g/mol. The average Bonchev–Trinajstić information content (AvgIpc) is 3.61. The minimum Gasteiger partial charge on any atom is -0.306 e. The van der Waals surface area contributed by atoms with Crippen LogP contribution in [-0.2, 0) is 0 Å². The van der Waals surface area contributed by atoms with Crippen LogP contribution in [0, 0.1) is 22.7 Å². The van der Waals surface area contributed by atoms with E-state index in [0.717, 1.165) is 79.1 Å². The second-order valence-corrected chi connectivity index (χ2v) is 19.5. The van der Waals surface area contributed by atoms with Gasteiger partial charge >= 0.3 is 0 Å². The third-order valence-corrected chi connectivity index (χ3v) is 14.9. The van der Waals surface area contributed by atoms with Crippen molar-refractivity contribution in [2.75, 3.05) is 19.6 Å². The molecule has 374 valence electrons. The maximum absolute atomic E-state index is 11.2. The SMILES string of the molecule is N#Cc1cccc(-c2cc(-c3cccc(C#N)c3N3c4ccccc4N(c4ccc(-c5ccccc5)cc4)c4ccccc43)nc(-c3cccnc3)n2)c1N1c2ccccc2N(c2ccc(-c3ccccc3)cc2)c2ccccc21. The maximum Gasteiger partial charge on any atom is 0.161 e. The van der Waals surface area contributed by atoms with E-state index in [-0.39, 0.29) is 0 Å². The minimum atomic E-state index is 0.432.